The van der Waals surface area contributed by atoms with E-state index in [1.165, 1.54) is 22.2 Å². The summed E-state index contributed by atoms with van der Waals surface area (Å²) in [6.07, 6.45) is 1.53. The zero-order chi connectivity index (χ0) is 19.0. The summed E-state index contributed by atoms with van der Waals surface area (Å²) in [5, 5.41) is 3.06. The number of rotatable bonds is 4. The molecule has 2 aromatic heterocycles. The number of fused-ring (bicyclic) bond motifs is 1. The molecule has 5 nitrogen and oxygen atoms in total. The van der Waals surface area contributed by atoms with Crippen LogP contribution in [-0.4, -0.2) is 23.8 Å². The highest BCUT2D eigenvalue weighted by atomic mass is 35.5. The summed E-state index contributed by atoms with van der Waals surface area (Å²) in [5.74, 6) is 1.24. The Labute approximate surface area is 164 Å². The number of thiophene rings is 1. The van der Waals surface area contributed by atoms with Crippen LogP contribution < -0.4 is 15.0 Å². The molecule has 0 N–H and O–H groups in total. The van der Waals surface area contributed by atoms with E-state index in [1.807, 2.05) is 29.6 Å². The Morgan fingerprint density at radius 2 is 1.89 bits per heavy atom. The Balaban J connectivity index is 1.93. The Morgan fingerprint density at radius 1 is 1.07 bits per heavy atom. The Hall–Kier alpha value is -2.83. The molecule has 0 bridgehead atoms. The number of hydrogen-bond donors (Lipinski definition) is 0. The molecule has 0 fully saturated rings. The van der Waals surface area contributed by atoms with Crippen molar-refractivity contribution in [3.8, 4) is 28.3 Å². The van der Waals surface area contributed by atoms with Crippen LogP contribution in [0.5, 0.6) is 11.5 Å². The quantitative estimate of drug-likeness (QED) is 0.496. The minimum Gasteiger partial charge on any atom is -0.493 e. The van der Waals surface area contributed by atoms with Gasteiger partial charge in [-0.15, -0.1) is 11.3 Å². The summed E-state index contributed by atoms with van der Waals surface area (Å²) in [6.45, 7) is 0. The molecule has 4 aromatic rings. The Kier molecular flexibility index (Phi) is 4.59. The number of nitrogens with zero attached hydrogens (tertiary/aromatic N) is 2. The minimum absolute atomic E-state index is 0.145. The topological polar surface area (TPSA) is 53.4 Å². The predicted octanol–water partition coefficient (Wildman–Crippen LogP) is 4.78. The Bertz CT molecular complexity index is 1200. The molecule has 7 heteroatoms. The van der Waals surface area contributed by atoms with Crippen molar-refractivity contribution in [2.75, 3.05) is 14.2 Å². The smallest absolute Gasteiger partial charge is 0.267 e. The lowest BCUT2D eigenvalue weighted by atomic mass is 10.1. The van der Waals surface area contributed by atoms with Crippen LogP contribution in [0.1, 0.15) is 0 Å². The molecule has 0 amide bonds. The molecule has 0 radical (unpaired) electrons. The molecule has 0 saturated heterocycles. The first-order valence-electron chi connectivity index (χ1n) is 8.09. The maximum absolute atomic E-state index is 13.2. The van der Waals surface area contributed by atoms with Gasteiger partial charge in [0.15, 0.2) is 11.5 Å². The monoisotopic (exact) mass is 398 g/mol. The average Bonchev–Trinajstić information content (AvgIpc) is 3.12. The van der Waals surface area contributed by atoms with Crippen LogP contribution in [0.3, 0.4) is 0 Å². The highest BCUT2D eigenvalue weighted by molar-refractivity contribution is 7.17. The number of ether oxygens (including phenoxy) is 2. The minimum atomic E-state index is -0.145. The lowest BCUT2D eigenvalue weighted by molar-refractivity contribution is 0.355. The molecule has 0 aliphatic heterocycles. The lowest BCUT2D eigenvalue weighted by Gasteiger charge is -2.10. The molecule has 0 aliphatic rings. The van der Waals surface area contributed by atoms with Crippen molar-refractivity contribution in [2.45, 2.75) is 0 Å². The van der Waals surface area contributed by atoms with Gasteiger partial charge >= 0.3 is 0 Å². The van der Waals surface area contributed by atoms with Gasteiger partial charge in [-0.2, -0.15) is 0 Å². The molecule has 0 atom stereocenters. The van der Waals surface area contributed by atoms with Crippen molar-refractivity contribution < 1.29 is 9.47 Å². The highest BCUT2D eigenvalue weighted by Crippen LogP contribution is 2.36. The number of aromatic nitrogens is 2. The zero-order valence-electron chi connectivity index (χ0n) is 14.6. The second kappa shape index (κ2) is 7.06. The summed E-state index contributed by atoms with van der Waals surface area (Å²) >= 11 is 7.50. The molecular weight excluding hydrogens is 384 g/mol. The van der Waals surface area contributed by atoms with Gasteiger partial charge in [0.25, 0.3) is 5.56 Å². The van der Waals surface area contributed by atoms with E-state index in [-0.39, 0.29) is 5.56 Å². The van der Waals surface area contributed by atoms with Crippen LogP contribution in [0.15, 0.2) is 59.0 Å². The third-order valence-corrected chi connectivity index (χ3v) is 5.40. The van der Waals surface area contributed by atoms with Crippen LogP contribution in [0.25, 0.3) is 27.0 Å². The standard InChI is InChI=1S/C20H15ClN2O3S/c1-25-16-7-6-12(8-17(16)26-2)15-10-27-19-18(15)20(24)23(11-22-19)14-5-3-4-13(21)9-14/h3-11H,1-2H3. The summed E-state index contributed by atoms with van der Waals surface area (Å²) < 4.78 is 12.2. The van der Waals surface area contributed by atoms with E-state index in [0.717, 1.165) is 11.1 Å². The fourth-order valence-electron chi connectivity index (χ4n) is 2.96. The average molecular weight is 399 g/mol. The molecule has 2 aromatic carbocycles. The van der Waals surface area contributed by atoms with Crippen LogP contribution >= 0.6 is 22.9 Å². The largest absolute Gasteiger partial charge is 0.493 e. The SMILES string of the molecule is COc1ccc(-c2csc3ncn(-c4cccc(Cl)c4)c(=O)c23)cc1OC. The van der Waals surface area contributed by atoms with E-state index >= 15 is 0 Å². The van der Waals surface area contributed by atoms with Gasteiger partial charge in [0.05, 0.1) is 25.3 Å². The first-order chi connectivity index (χ1) is 13.1. The lowest BCUT2D eigenvalue weighted by Crippen LogP contribution is -2.18. The molecule has 136 valence electrons. The maximum Gasteiger partial charge on any atom is 0.267 e. The van der Waals surface area contributed by atoms with Crippen molar-refractivity contribution >= 4 is 33.2 Å². The van der Waals surface area contributed by atoms with Crippen LogP contribution in [0.2, 0.25) is 5.02 Å². The van der Waals surface area contributed by atoms with E-state index < -0.39 is 0 Å². The third-order valence-electron chi connectivity index (χ3n) is 4.28. The van der Waals surface area contributed by atoms with Gasteiger partial charge in [-0.05, 0) is 35.9 Å². The normalized spacial score (nSPS) is 10.9. The molecule has 27 heavy (non-hydrogen) atoms. The van der Waals surface area contributed by atoms with E-state index in [4.69, 9.17) is 21.1 Å². The first kappa shape index (κ1) is 17.6. The number of benzene rings is 2. The first-order valence-corrected chi connectivity index (χ1v) is 9.35. The molecule has 4 rings (SSSR count). The second-order valence-corrected chi connectivity index (χ2v) is 7.09. The highest BCUT2D eigenvalue weighted by Gasteiger charge is 2.16. The van der Waals surface area contributed by atoms with Crippen molar-refractivity contribution in [3.63, 3.8) is 0 Å². The molecule has 2 heterocycles. The van der Waals surface area contributed by atoms with Crippen molar-refractivity contribution in [1.82, 2.24) is 9.55 Å². The molecule has 0 saturated carbocycles. The van der Waals surface area contributed by atoms with E-state index in [1.54, 1.807) is 32.4 Å². The van der Waals surface area contributed by atoms with E-state index in [0.29, 0.717) is 32.4 Å². The van der Waals surface area contributed by atoms with E-state index in [9.17, 15) is 4.79 Å². The van der Waals surface area contributed by atoms with Gasteiger partial charge in [-0.25, -0.2) is 4.98 Å². The van der Waals surface area contributed by atoms with Gasteiger partial charge in [0.1, 0.15) is 11.2 Å². The molecular formula is C20H15ClN2O3S. The molecule has 0 unspecified atom stereocenters. The molecule has 0 aliphatic carbocycles. The van der Waals surface area contributed by atoms with Gasteiger partial charge in [-0.1, -0.05) is 23.7 Å². The van der Waals surface area contributed by atoms with Crippen molar-refractivity contribution in [3.05, 3.63) is 69.5 Å². The van der Waals surface area contributed by atoms with Crippen LogP contribution in [0, 0.1) is 0 Å². The van der Waals surface area contributed by atoms with Crippen molar-refractivity contribution in [2.24, 2.45) is 0 Å². The maximum atomic E-state index is 13.2. The summed E-state index contributed by atoms with van der Waals surface area (Å²) in [5.41, 5.74) is 2.20. The third kappa shape index (κ3) is 3.07. The van der Waals surface area contributed by atoms with Crippen LogP contribution in [0.4, 0.5) is 0 Å². The fourth-order valence-corrected chi connectivity index (χ4v) is 4.05. The van der Waals surface area contributed by atoms with Gasteiger partial charge < -0.3 is 9.47 Å². The van der Waals surface area contributed by atoms with Gasteiger partial charge in [0, 0.05) is 16.0 Å². The number of hydrogen-bond acceptors (Lipinski definition) is 5. The van der Waals surface area contributed by atoms with Gasteiger partial charge in [0.2, 0.25) is 0 Å². The molecule has 0 spiro atoms. The summed E-state index contributed by atoms with van der Waals surface area (Å²) in [6, 6.07) is 12.7. The predicted molar refractivity (Wildman–Crippen MR) is 109 cm³/mol. The summed E-state index contributed by atoms with van der Waals surface area (Å²) in [7, 11) is 3.17. The van der Waals surface area contributed by atoms with Gasteiger partial charge in [-0.3, -0.25) is 9.36 Å². The van der Waals surface area contributed by atoms with Crippen LogP contribution in [-0.2, 0) is 0 Å². The Morgan fingerprint density at radius 3 is 2.63 bits per heavy atom. The van der Waals surface area contributed by atoms with Crippen molar-refractivity contribution in [1.29, 1.82) is 0 Å². The number of methoxy groups -OCH3 is 2. The van der Waals surface area contributed by atoms with E-state index in [2.05, 4.69) is 4.98 Å². The zero-order valence-corrected chi connectivity index (χ0v) is 16.2. The summed E-state index contributed by atoms with van der Waals surface area (Å²) in [4.78, 5) is 18.3. The number of halogens is 1. The second-order valence-electron chi connectivity index (χ2n) is 5.80. The fraction of sp³-hybridized carbons (Fsp3) is 0.100.